The summed E-state index contributed by atoms with van der Waals surface area (Å²) in [5.41, 5.74) is -1.06. The molecule has 0 unspecified atom stereocenters. The molecule has 1 aromatic rings. The highest BCUT2D eigenvalue weighted by Gasteiger charge is 2.34. The van der Waals surface area contributed by atoms with Gasteiger partial charge in [0.05, 0.1) is 11.1 Å². The molecule has 1 aromatic carbocycles. The number of amides is 1. The Morgan fingerprint density at radius 3 is 2.38 bits per heavy atom. The summed E-state index contributed by atoms with van der Waals surface area (Å²) in [5.74, 6) is -0.805. The second-order valence-electron chi connectivity index (χ2n) is 3.28. The molecule has 0 aliphatic heterocycles. The van der Waals surface area contributed by atoms with Crippen LogP contribution in [0.15, 0.2) is 36.5 Å². The molecular weight excluding hydrogens is 219 g/mol. The summed E-state index contributed by atoms with van der Waals surface area (Å²) in [5, 5.41) is 2.24. The molecule has 0 bridgehead atoms. The molecule has 1 amide bonds. The van der Waals surface area contributed by atoms with Crippen LogP contribution in [0.5, 0.6) is 0 Å². The van der Waals surface area contributed by atoms with E-state index in [1.54, 1.807) is 0 Å². The van der Waals surface area contributed by atoms with Gasteiger partial charge < -0.3 is 5.32 Å². The summed E-state index contributed by atoms with van der Waals surface area (Å²) in [6.45, 7) is 4.89. The van der Waals surface area contributed by atoms with Crippen molar-refractivity contribution in [2.75, 3.05) is 0 Å². The lowest BCUT2D eigenvalue weighted by atomic mass is 10.1. The summed E-state index contributed by atoms with van der Waals surface area (Å²) in [7, 11) is 0. The zero-order valence-corrected chi connectivity index (χ0v) is 8.56. The standard InChI is InChI=1S/C11H10F3NO/c1-7(2)15-10(16)8-5-3-4-6-9(8)11(12,13)14/h3-6H,1H2,2H3,(H,15,16). The van der Waals surface area contributed by atoms with Crippen LogP contribution in [0.1, 0.15) is 22.8 Å². The Morgan fingerprint density at radius 1 is 1.31 bits per heavy atom. The summed E-state index contributed by atoms with van der Waals surface area (Å²) in [6.07, 6.45) is -4.54. The highest BCUT2D eigenvalue weighted by atomic mass is 19.4. The van der Waals surface area contributed by atoms with Gasteiger partial charge in [-0.25, -0.2) is 0 Å². The molecule has 16 heavy (non-hydrogen) atoms. The maximum atomic E-state index is 12.5. The zero-order valence-electron chi connectivity index (χ0n) is 8.56. The fourth-order valence-electron chi connectivity index (χ4n) is 1.19. The van der Waals surface area contributed by atoms with Crippen LogP contribution < -0.4 is 5.32 Å². The van der Waals surface area contributed by atoms with Crippen LogP contribution >= 0.6 is 0 Å². The number of alkyl halides is 3. The Morgan fingerprint density at radius 2 is 1.88 bits per heavy atom. The molecule has 5 heteroatoms. The van der Waals surface area contributed by atoms with Gasteiger partial charge in [-0.1, -0.05) is 18.7 Å². The van der Waals surface area contributed by atoms with Crippen molar-refractivity contribution < 1.29 is 18.0 Å². The SMILES string of the molecule is C=C(C)NC(=O)c1ccccc1C(F)(F)F. The first-order valence-corrected chi connectivity index (χ1v) is 4.45. The van der Waals surface area contributed by atoms with Crippen molar-refractivity contribution in [2.24, 2.45) is 0 Å². The largest absolute Gasteiger partial charge is 0.417 e. The minimum Gasteiger partial charge on any atom is -0.327 e. The van der Waals surface area contributed by atoms with E-state index in [9.17, 15) is 18.0 Å². The van der Waals surface area contributed by atoms with Gasteiger partial charge in [0, 0.05) is 5.70 Å². The van der Waals surface area contributed by atoms with Crippen LogP contribution in [-0.2, 0) is 6.18 Å². The van der Waals surface area contributed by atoms with Gasteiger partial charge in [-0.05, 0) is 19.1 Å². The number of allylic oxidation sites excluding steroid dienone is 1. The quantitative estimate of drug-likeness (QED) is 0.829. The van der Waals surface area contributed by atoms with E-state index in [-0.39, 0.29) is 0 Å². The molecule has 1 N–H and O–H groups in total. The fraction of sp³-hybridized carbons (Fsp3) is 0.182. The number of hydrogen-bond acceptors (Lipinski definition) is 1. The molecule has 0 fully saturated rings. The van der Waals surface area contributed by atoms with Crippen molar-refractivity contribution >= 4 is 5.91 Å². The number of carbonyl (C=O) groups is 1. The third-order valence-electron chi connectivity index (χ3n) is 1.80. The maximum absolute atomic E-state index is 12.5. The third kappa shape index (κ3) is 2.85. The van der Waals surface area contributed by atoms with Crippen molar-refractivity contribution in [1.82, 2.24) is 5.32 Å². The van der Waals surface area contributed by atoms with Crippen LogP contribution in [0.3, 0.4) is 0 Å². The Hall–Kier alpha value is -1.78. The van der Waals surface area contributed by atoms with Crippen molar-refractivity contribution in [3.05, 3.63) is 47.7 Å². The van der Waals surface area contributed by atoms with Gasteiger partial charge in [-0.2, -0.15) is 13.2 Å². The third-order valence-corrected chi connectivity index (χ3v) is 1.80. The van der Waals surface area contributed by atoms with Gasteiger partial charge in [0.15, 0.2) is 0 Å². The molecule has 0 atom stereocenters. The van der Waals surface area contributed by atoms with E-state index in [2.05, 4.69) is 11.9 Å². The highest BCUT2D eigenvalue weighted by Crippen LogP contribution is 2.31. The van der Waals surface area contributed by atoms with Crippen molar-refractivity contribution in [1.29, 1.82) is 0 Å². The van der Waals surface area contributed by atoms with E-state index >= 15 is 0 Å². The molecule has 0 heterocycles. The molecule has 0 saturated heterocycles. The van der Waals surface area contributed by atoms with E-state index in [1.165, 1.54) is 19.1 Å². The van der Waals surface area contributed by atoms with Gasteiger partial charge in [-0.15, -0.1) is 0 Å². The number of carbonyl (C=O) groups excluding carboxylic acids is 1. The topological polar surface area (TPSA) is 29.1 Å². The average molecular weight is 229 g/mol. The van der Waals surface area contributed by atoms with Crippen LogP contribution in [0.4, 0.5) is 13.2 Å². The van der Waals surface area contributed by atoms with Crippen LogP contribution in [-0.4, -0.2) is 5.91 Å². The van der Waals surface area contributed by atoms with Gasteiger partial charge in [-0.3, -0.25) is 4.79 Å². The molecule has 0 aliphatic carbocycles. The molecule has 86 valence electrons. The molecule has 0 aliphatic rings. The van der Waals surface area contributed by atoms with Crippen LogP contribution in [0, 0.1) is 0 Å². The molecule has 0 radical (unpaired) electrons. The predicted molar refractivity (Wildman–Crippen MR) is 53.7 cm³/mol. The molecule has 0 saturated carbocycles. The van der Waals surface area contributed by atoms with Crippen molar-refractivity contribution in [3.63, 3.8) is 0 Å². The first-order valence-electron chi connectivity index (χ1n) is 4.45. The lowest BCUT2D eigenvalue weighted by Gasteiger charge is -2.12. The molecule has 1 rings (SSSR count). The number of halogens is 3. The summed E-state index contributed by atoms with van der Waals surface area (Å²) < 4.78 is 37.6. The Labute approximate surface area is 90.8 Å². The number of nitrogens with one attached hydrogen (secondary N) is 1. The smallest absolute Gasteiger partial charge is 0.327 e. The van der Waals surface area contributed by atoms with Crippen LogP contribution in [0.2, 0.25) is 0 Å². The van der Waals surface area contributed by atoms with Gasteiger partial charge in [0.1, 0.15) is 0 Å². The number of benzene rings is 1. The zero-order chi connectivity index (χ0) is 12.3. The van der Waals surface area contributed by atoms with Gasteiger partial charge in [0.25, 0.3) is 5.91 Å². The van der Waals surface area contributed by atoms with Gasteiger partial charge >= 0.3 is 6.18 Å². The van der Waals surface area contributed by atoms with E-state index in [1.807, 2.05) is 0 Å². The summed E-state index contributed by atoms with van der Waals surface area (Å²) in [6, 6.07) is 4.61. The fourth-order valence-corrected chi connectivity index (χ4v) is 1.19. The van der Waals surface area contributed by atoms with Crippen LogP contribution in [0.25, 0.3) is 0 Å². The molecule has 2 nitrogen and oxygen atoms in total. The first-order chi connectivity index (χ1) is 7.32. The van der Waals surface area contributed by atoms with E-state index in [0.717, 1.165) is 12.1 Å². The molecule has 0 spiro atoms. The minimum atomic E-state index is -4.54. The first kappa shape index (κ1) is 12.3. The van der Waals surface area contributed by atoms with Crippen molar-refractivity contribution in [2.45, 2.75) is 13.1 Å². The summed E-state index contributed by atoms with van der Waals surface area (Å²) in [4.78, 5) is 11.5. The number of rotatable bonds is 2. The normalized spacial score (nSPS) is 11.0. The van der Waals surface area contributed by atoms with E-state index in [0.29, 0.717) is 5.70 Å². The second-order valence-corrected chi connectivity index (χ2v) is 3.28. The van der Waals surface area contributed by atoms with E-state index in [4.69, 9.17) is 0 Å². The Balaban J connectivity index is 3.14. The second kappa shape index (κ2) is 4.38. The number of hydrogen-bond donors (Lipinski definition) is 1. The minimum absolute atomic E-state index is 0.293. The monoisotopic (exact) mass is 229 g/mol. The summed E-state index contributed by atoms with van der Waals surface area (Å²) >= 11 is 0. The Kier molecular flexibility index (Phi) is 3.37. The van der Waals surface area contributed by atoms with Gasteiger partial charge in [0.2, 0.25) is 0 Å². The lowest BCUT2D eigenvalue weighted by molar-refractivity contribution is -0.137. The average Bonchev–Trinajstić information content (AvgIpc) is 2.15. The highest BCUT2D eigenvalue weighted by molar-refractivity contribution is 5.96. The lowest BCUT2D eigenvalue weighted by Crippen LogP contribution is -2.24. The Bertz CT molecular complexity index is 423. The molecule has 0 aromatic heterocycles. The van der Waals surface area contributed by atoms with E-state index < -0.39 is 23.2 Å². The maximum Gasteiger partial charge on any atom is 0.417 e. The predicted octanol–water partition coefficient (Wildman–Crippen LogP) is 2.97. The molecular formula is C11H10F3NO. The van der Waals surface area contributed by atoms with Crippen molar-refractivity contribution in [3.8, 4) is 0 Å².